The van der Waals surface area contributed by atoms with Gasteiger partial charge in [-0.15, -0.1) is 0 Å². The van der Waals surface area contributed by atoms with E-state index < -0.39 is 5.97 Å². The largest absolute Gasteiger partial charge is 0.478 e. The Balaban J connectivity index is 3.85. The van der Waals surface area contributed by atoms with E-state index in [1.54, 1.807) is 12.2 Å². The Bertz CT molecular complexity index is 416. The highest BCUT2D eigenvalue weighted by atomic mass is 16.4. The van der Waals surface area contributed by atoms with Gasteiger partial charge in [-0.05, 0) is 6.92 Å². The molecule has 0 fully saturated rings. The number of allylic oxidation sites excluding steroid dienone is 13. The number of aliphatic carboxylic acids is 1. The molecule has 0 rings (SSSR count). The van der Waals surface area contributed by atoms with E-state index in [0.717, 1.165) is 6.08 Å². The second-order valence-electron chi connectivity index (χ2n) is 3.15. The molecule has 0 unspecified atom stereocenters. The predicted molar refractivity (Wildman–Crippen MR) is 77.3 cm³/mol. The van der Waals surface area contributed by atoms with E-state index in [0.29, 0.717) is 0 Å². The number of hydrogen-bond acceptors (Lipinski definition) is 1. The minimum Gasteiger partial charge on any atom is -0.478 e. The van der Waals surface area contributed by atoms with Gasteiger partial charge in [0.25, 0.3) is 0 Å². The number of hydrogen-bond donors (Lipinski definition) is 1. The van der Waals surface area contributed by atoms with E-state index >= 15 is 0 Å². The third kappa shape index (κ3) is 13.7. The summed E-state index contributed by atoms with van der Waals surface area (Å²) >= 11 is 0. The van der Waals surface area contributed by atoms with E-state index in [1.165, 1.54) is 6.08 Å². The van der Waals surface area contributed by atoms with Gasteiger partial charge in [0.1, 0.15) is 0 Å². The second kappa shape index (κ2) is 12.7. The van der Waals surface area contributed by atoms with Crippen molar-refractivity contribution in [2.45, 2.75) is 6.92 Å². The van der Waals surface area contributed by atoms with Crippen molar-refractivity contribution in [3.8, 4) is 0 Å². The van der Waals surface area contributed by atoms with Crippen LogP contribution in [0.4, 0.5) is 0 Å². The van der Waals surface area contributed by atoms with Crippen LogP contribution >= 0.6 is 0 Å². The SMILES string of the molecule is C/C=C/C=C/C=C/C=C/C=C/C=C/C=C/C(=O)O. The lowest BCUT2D eigenvalue weighted by Crippen LogP contribution is -1.84. The smallest absolute Gasteiger partial charge is 0.328 e. The highest BCUT2D eigenvalue weighted by molar-refractivity contribution is 5.80. The molecule has 2 heteroatoms. The van der Waals surface area contributed by atoms with Gasteiger partial charge in [-0.2, -0.15) is 0 Å². The fraction of sp³-hybridized carbons (Fsp3) is 0.0625. The van der Waals surface area contributed by atoms with Gasteiger partial charge in [0, 0.05) is 6.08 Å². The Morgan fingerprint density at radius 1 is 0.667 bits per heavy atom. The minimum absolute atomic E-state index is 0.945. The second-order valence-corrected chi connectivity index (χ2v) is 3.15. The summed E-state index contributed by atoms with van der Waals surface area (Å²) in [5.41, 5.74) is 0. The summed E-state index contributed by atoms with van der Waals surface area (Å²) in [6.07, 6.45) is 25.2. The summed E-state index contributed by atoms with van der Waals surface area (Å²) in [6, 6.07) is 0. The van der Waals surface area contributed by atoms with Gasteiger partial charge in [0.2, 0.25) is 0 Å². The van der Waals surface area contributed by atoms with Crippen LogP contribution in [0.5, 0.6) is 0 Å². The number of carbonyl (C=O) groups is 1. The van der Waals surface area contributed by atoms with Crippen LogP contribution in [-0.4, -0.2) is 11.1 Å². The Morgan fingerprint density at radius 2 is 1.00 bits per heavy atom. The first-order valence-electron chi connectivity index (χ1n) is 5.63. The molecule has 0 aliphatic carbocycles. The number of rotatable bonds is 7. The van der Waals surface area contributed by atoms with Crippen LogP contribution in [-0.2, 0) is 4.79 Å². The maximum atomic E-state index is 10.1. The maximum Gasteiger partial charge on any atom is 0.328 e. The standard InChI is InChI=1S/C16H18O2/c1-2-3-4-5-6-7-8-9-10-11-12-13-14-15-16(17)18/h2-15H,1H3,(H,17,18)/b3-2+,5-4+,7-6+,9-8+,11-10+,13-12+,15-14+. The molecule has 18 heavy (non-hydrogen) atoms. The van der Waals surface area contributed by atoms with Crippen molar-refractivity contribution in [3.05, 3.63) is 85.1 Å². The van der Waals surface area contributed by atoms with Crippen molar-refractivity contribution in [2.75, 3.05) is 0 Å². The summed E-state index contributed by atoms with van der Waals surface area (Å²) in [7, 11) is 0. The molecule has 1 N–H and O–H groups in total. The van der Waals surface area contributed by atoms with Crippen molar-refractivity contribution < 1.29 is 9.90 Å². The van der Waals surface area contributed by atoms with E-state index in [4.69, 9.17) is 5.11 Å². The molecule has 0 aromatic rings. The summed E-state index contributed by atoms with van der Waals surface area (Å²) in [6.45, 7) is 1.97. The maximum absolute atomic E-state index is 10.1. The topological polar surface area (TPSA) is 37.3 Å². The third-order valence-electron chi connectivity index (χ3n) is 1.65. The molecule has 94 valence electrons. The van der Waals surface area contributed by atoms with Crippen molar-refractivity contribution in [3.63, 3.8) is 0 Å². The summed E-state index contributed by atoms with van der Waals surface area (Å²) in [5.74, 6) is -0.945. The van der Waals surface area contributed by atoms with E-state index in [-0.39, 0.29) is 0 Å². The van der Waals surface area contributed by atoms with Crippen LogP contribution in [0.25, 0.3) is 0 Å². The molecular formula is C16H18O2. The summed E-state index contributed by atoms with van der Waals surface area (Å²) in [4.78, 5) is 10.1. The predicted octanol–water partition coefficient (Wildman–Crippen LogP) is 3.98. The van der Waals surface area contributed by atoms with Gasteiger partial charge in [-0.3, -0.25) is 0 Å². The van der Waals surface area contributed by atoms with Crippen LogP contribution in [0.3, 0.4) is 0 Å². The first kappa shape index (κ1) is 15.7. The van der Waals surface area contributed by atoms with E-state index in [9.17, 15) is 4.79 Å². The highest BCUT2D eigenvalue weighted by Gasteiger charge is 1.78. The minimum atomic E-state index is -0.945. The van der Waals surface area contributed by atoms with Crippen LogP contribution < -0.4 is 0 Å². The van der Waals surface area contributed by atoms with Gasteiger partial charge < -0.3 is 5.11 Å². The molecule has 0 atom stereocenters. The molecule has 0 bridgehead atoms. The highest BCUT2D eigenvalue weighted by Crippen LogP contribution is 1.85. The first-order valence-corrected chi connectivity index (χ1v) is 5.63. The van der Waals surface area contributed by atoms with Crippen LogP contribution in [0.15, 0.2) is 85.1 Å². The fourth-order valence-corrected chi connectivity index (χ4v) is 0.890. The fourth-order valence-electron chi connectivity index (χ4n) is 0.890. The lowest BCUT2D eigenvalue weighted by atomic mass is 10.3. The molecule has 0 amide bonds. The quantitative estimate of drug-likeness (QED) is 0.541. The van der Waals surface area contributed by atoms with Gasteiger partial charge in [0.15, 0.2) is 0 Å². The number of carboxylic acids is 1. The molecule has 0 aliphatic heterocycles. The average Bonchev–Trinajstić information content (AvgIpc) is 2.34. The normalized spacial score (nSPS) is 13.8. The molecular weight excluding hydrogens is 224 g/mol. The Morgan fingerprint density at radius 3 is 1.33 bits per heavy atom. The average molecular weight is 242 g/mol. The Labute approximate surface area is 108 Å². The number of carboxylic acid groups (broad SMARTS) is 1. The molecule has 0 aromatic carbocycles. The third-order valence-corrected chi connectivity index (χ3v) is 1.65. The lowest BCUT2D eigenvalue weighted by Gasteiger charge is -1.75. The molecule has 0 aliphatic rings. The monoisotopic (exact) mass is 242 g/mol. The summed E-state index contributed by atoms with van der Waals surface area (Å²) < 4.78 is 0. The van der Waals surface area contributed by atoms with Gasteiger partial charge >= 0.3 is 5.97 Å². The van der Waals surface area contributed by atoms with E-state index in [2.05, 4.69) is 0 Å². The zero-order chi connectivity index (χ0) is 13.5. The molecule has 0 spiro atoms. The lowest BCUT2D eigenvalue weighted by molar-refractivity contribution is -0.131. The van der Waals surface area contributed by atoms with Crippen molar-refractivity contribution >= 4 is 5.97 Å². The zero-order valence-corrected chi connectivity index (χ0v) is 10.4. The Hall–Kier alpha value is -2.35. The van der Waals surface area contributed by atoms with E-state index in [1.807, 2.05) is 67.7 Å². The zero-order valence-electron chi connectivity index (χ0n) is 10.4. The van der Waals surface area contributed by atoms with Crippen LogP contribution in [0, 0.1) is 0 Å². The van der Waals surface area contributed by atoms with Crippen LogP contribution in [0.2, 0.25) is 0 Å². The van der Waals surface area contributed by atoms with Gasteiger partial charge in [-0.25, -0.2) is 4.79 Å². The molecule has 0 saturated heterocycles. The van der Waals surface area contributed by atoms with Crippen molar-refractivity contribution in [1.29, 1.82) is 0 Å². The van der Waals surface area contributed by atoms with Gasteiger partial charge in [0.05, 0.1) is 0 Å². The molecule has 0 aromatic heterocycles. The Kier molecular flexibility index (Phi) is 11.1. The molecule has 2 nitrogen and oxygen atoms in total. The molecule has 0 saturated carbocycles. The van der Waals surface area contributed by atoms with Gasteiger partial charge in [-0.1, -0.05) is 79.0 Å². The van der Waals surface area contributed by atoms with Crippen LogP contribution in [0.1, 0.15) is 6.92 Å². The molecule has 0 heterocycles. The molecule has 0 radical (unpaired) electrons. The first-order chi connectivity index (χ1) is 8.77. The van der Waals surface area contributed by atoms with Crippen molar-refractivity contribution in [2.24, 2.45) is 0 Å². The summed E-state index contributed by atoms with van der Waals surface area (Å²) in [5, 5.41) is 8.32. The van der Waals surface area contributed by atoms with Crippen molar-refractivity contribution in [1.82, 2.24) is 0 Å².